The van der Waals surface area contributed by atoms with E-state index in [2.05, 4.69) is 23.7 Å². The summed E-state index contributed by atoms with van der Waals surface area (Å²) in [6.07, 6.45) is 6.92. The molecule has 0 atom stereocenters. The summed E-state index contributed by atoms with van der Waals surface area (Å²) in [5, 5.41) is 0. The van der Waals surface area contributed by atoms with Crippen molar-refractivity contribution in [3.8, 4) is 11.1 Å². The number of unbranched alkanes of at least 4 members (excludes halogenated alkanes) is 1. The van der Waals surface area contributed by atoms with Crippen molar-refractivity contribution in [1.29, 1.82) is 0 Å². The van der Waals surface area contributed by atoms with Gasteiger partial charge in [0.15, 0.2) is 0 Å². The molecule has 0 radical (unpaired) electrons. The second-order valence-electron chi connectivity index (χ2n) is 6.71. The number of allylic oxidation sites excluding steroid dienone is 1. The highest BCUT2D eigenvalue weighted by molar-refractivity contribution is 5.82. The van der Waals surface area contributed by atoms with Crippen LogP contribution in [0, 0.1) is 12.7 Å². The summed E-state index contributed by atoms with van der Waals surface area (Å²) in [6.45, 7) is 5.77. The van der Waals surface area contributed by atoms with E-state index in [-0.39, 0.29) is 5.82 Å². The summed E-state index contributed by atoms with van der Waals surface area (Å²) in [5.41, 5.74) is 5.55. The van der Waals surface area contributed by atoms with Gasteiger partial charge < -0.3 is 0 Å². The molecule has 0 aliphatic heterocycles. The maximum Gasteiger partial charge on any atom is 0.133 e. The van der Waals surface area contributed by atoms with E-state index in [1.165, 1.54) is 11.6 Å². The van der Waals surface area contributed by atoms with Crippen LogP contribution in [-0.4, -0.2) is 6.21 Å². The quantitative estimate of drug-likeness (QED) is 0.244. The Morgan fingerprint density at radius 3 is 2.37 bits per heavy atom. The molecular weight excluding hydrogens is 333 g/mol. The molecule has 0 bridgehead atoms. The predicted molar refractivity (Wildman–Crippen MR) is 113 cm³/mol. The number of rotatable bonds is 7. The Morgan fingerprint density at radius 2 is 1.70 bits per heavy atom. The van der Waals surface area contributed by atoms with Crippen molar-refractivity contribution in [2.75, 3.05) is 0 Å². The van der Waals surface area contributed by atoms with Crippen molar-refractivity contribution in [1.82, 2.24) is 0 Å². The molecule has 0 amide bonds. The highest BCUT2D eigenvalue weighted by atomic mass is 19.1. The van der Waals surface area contributed by atoms with Crippen LogP contribution in [0.2, 0.25) is 0 Å². The van der Waals surface area contributed by atoms with Crippen LogP contribution in [0.25, 0.3) is 11.1 Å². The summed E-state index contributed by atoms with van der Waals surface area (Å²) in [6, 6.07) is 21.3. The van der Waals surface area contributed by atoms with Gasteiger partial charge in [-0.1, -0.05) is 60.2 Å². The third-order valence-electron chi connectivity index (χ3n) is 4.53. The molecule has 3 aromatic rings. The Morgan fingerprint density at radius 1 is 0.963 bits per heavy atom. The van der Waals surface area contributed by atoms with E-state index in [1.807, 2.05) is 55.5 Å². The van der Waals surface area contributed by atoms with Gasteiger partial charge in [0, 0.05) is 17.8 Å². The lowest BCUT2D eigenvalue weighted by molar-refractivity contribution is 0.631. The van der Waals surface area contributed by atoms with Crippen LogP contribution in [0.3, 0.4) is 0 Å². The van der Waals surface area contributed by atoms with Gasteiger partial charge in [0.1, 0.15) is 5.82 Å². The lowest BCUT2D eigenvalue weighted by atomic mass is 10.0. The van der Waals surface area contributed by atoms with Gasteiger partial charge in [-0.15, -0.1) is 6.58 Å². The van der Waals surface area contributed by atoms with Gasteiger partial charge in [-0.3, -0.25) is 4.99 Å². The molecular formula is C25H24FN. The molecule has 0 aliphatic rings. The highest BCUT2D eigenvalue weighted by Crippen LogP contribution is 2.26. The van der Waals surface area contributed by atoms with Crippen molar-refractivity contribution in [2.24, 2.45) is 4.99 Å². The first kappa shape index (κ1) is 18.8. The normalized spacial score (nSPS) is 11.0. The molecule has 0 unspecified atom stereocenters. The molecule has 0 fully saturated rings. The first-order chi connectivity index (χ1) is 13.2. The van der Waals surface area contributed by atoms with Crippen LogP contribution < -0.4 is 0 Å². The van der Waals surface area contributed by atoms with E-state index < -0.39 is 0 Å². The van der Waals surface area contributed by atoms with Gasteiger partial charge in [0.05, 0.1) is 5.69 Å². The minimum absolute atomic E-state index is 0.258. The first-order valence-corrected chi connectivity index (χ1v) is 9.26. The number of aryl methyl sites for hydroxylation is 2. The van der Waals surface area contributed by atoms with Crippen molar-refractivity contribution < 1.29 is 4.39 Å². The smallest absolute Gasteiger partial charge is 0.133 e. The second kappa shape index (κ2) is 9.09. The zero-order valence-electron chi connectivity index (χ0n) is 15.7. The molecule has 0 N–H and O–H groups in total. The largest absolute Gasteiger partial charge is 0.256 e. The Kier molecular flexibility index (Phi) is 6.32. The van der Waals surface area contributed by atoms with Crippen LogP contribution in [-0.2, 0) is 6.42 Å². The Bertz CT molecular complexity index is 922. The SMILES string of the molecule is C=CCCCc1ccc(C=Nc2ccc(-c3ccc(C)cc3)c(F)c2)cc1. The number of nitrogens with zero attached hydrogens (tertiary/aromatic N) is 1. The van der Waals surface area contributed by atoms with Gasteiger partial charge in [0.2, 0.25) is 0 Å². The number of hydrogen-bond donors (Lipinski definition) is 0. The van der Waals surface area contributed by atoms with Crippen LogP contribution in [0.1, 0.15) is 29.5 Å². The fourth-order valence-corrected chi connectivity index (χ4v) is 2.92. The summed E-state index contributed by atoms with van der Waals surface area (Å²) in [7, 11) is 0. The molecule has 0 heterocycles. The molecule has 0 aliphatic carbocycles. The van der Waals surface area contributed by atoms with Gasteiger partial charge in [-0.25, -0.2) is 4.39 Å². The van der Waals surface area contributed by atoms with Crippen molar-refractivity contribution in [2.45, 2.75) is 26.2 Å². The Balaban J connectivity index is 1.69. The summed E-state index contributed by atoms with van der Waals surface area (Å²) in [5.74, 6) is -0.258. The van der Waals surface area contributed by atoms with Crippen LogP contribution in [0.5, 0.6) is 0 Å². The molecule has 0 aromatic heterocycles. The zero-order valence-corrected chi connectivity index (χ0v) is 15.7. The fraction of sp³-hybridized carbons (Fsp3) is 0.160. The maximum absolute atomic E-state index is 14.5. The van der Waals surface area contributed by atoms with Crippen molar-refractivity contribution in [3.05, 3.63) is 102 Å². The molecule has 1 nitrogen and oxygen atoms in total. The Hall–Kier alpha value is -3.00. The third kappa shape index (κ3) is 5.24. The predicted octanol–water partition coefficient (Wildman–Crippen LogP) is 7.06. The average molecular weight is 357 g/mol. The molecule has 2 heteroatoms. The average Bonchev–Trinajstić information content (AvgIpc) is 2.68. The maximum atomic E-state index is 14.5. The van der Waals surface area contributed by atoms with Crippen molar-refractivity contribution in [3.63, 3.8) is 0 Å². The van der Waals surface area contributed by atoms with E-state index in [0.29, 0.717) is 11.3 Å². The van der Waals surface area contributed by atoms with E-state index >= 15 is 0 Å². The number of aliphatic imine (C=N–C) groups is 1. The monoisotopic (exact) mass is 357 g/mol. The Labute approximate surface area is 160 Å². The highest BCUT2D eigenvalue weighted by Gasteiger charge is 2.05. The van der Waals surface area contributed by atoms with E-state index in [4.69, 9.17) is 0 Å². The summed E-state index contributed by atoms with van der Waals surface area (Å²) >= 11 is 0. The third-order valence-corrected chi connectivity index (χ3v) is 4.53. The van der Waals surface area contributed by atoms with Crippen LogP contribution in [0.15, 0.2) is 84.4 Å². The second-order valence-corrected chi connectivity index (χ2v) is 6.71. The number of halogens is 1. The summed E-state index contributed by atoms with van der Waals surface area (Å²) < 4.78 is 14.5. The molecule has 27 heavy (non-hydrogen) atoms. The van der Waals surface area contributed by atoms with Gasteiger partial charge in [-0.2, -0.15) is 0 Å². The standard InChI is InChI=1S/C25H24FN/c1-3-4-5-6-20-9-11-21(12-10-20)18-27-23-15-16-24(25(26)17-23)22-13-7-19(2)8-14-22/h3,7-18H,1,4-6H2,2H3. The van der Waals surface area contributed by atoms with Crippen LogP contribution >= 0.6 is 0 Å². The minimum atomic E-state index is -0.258. The molecule has 0 spiro atoms. The van der Waals surface area contributed by atoms with Gasteiger partial charge >= 0.3 is 0 Å². The molecule has 3 rings (SSSR count). The molecule has 0 saturated carbocycles. The number of benzene rings is 3. The van der Waals surface area contributed by atoms with E-state index in [9.17, 15) is 4.39 Å². The van der Waals surface area contributed by atoms with E-state index in [0.717, 1.165) is 36.0 Å². The molecule has 136 valence electrons. The van der Waals surface area contributed by atoms with Crippen molar-refractivity contribution >= 4 is 11.9 Å². The zero-order chi connectivity index (χ0) is 19.1. The summed E-state index contributed by atoms with van der Waals surface area (Å²) in [4.78, 5) is 4.41. The first-order valence-electron chi connectivity index (χ1n) is 9.26. The molecule has 0 saturated heterocycles. The van der Waals surface area contributed by atoms with Gasteiger partial charge in [-0.05, 0) is 55.0 Å². The lowest BCUT2D eigenvalue weighted by Gasteiger charge is -2.05. The fourth-order valence-electron chi connectivity index (χ4n) is 2.92. The van der Waals surface area contributed by atoms with E-state index in [1.54, 1.807) is 12.3 Å². The molecule has 3 aromatic carbocycles. The van der Waals surface area contributed by atoms with Gasteiger partial charge in [0.25, 0.3) is 0 Å². The van der Waals surface area contributed by atoms with Crippen LogP contribution in [0.4, 0.5) is 10.1 Å². The minimum Gasteiger partial charge on any atom is -0.256 e. The number of hydrogen-bond acceptors (Lipinski definition) is 1. The lowest BCUT2D eigenvalue weighted by Crippen LogP contribution is -1.87. The topological polar surface area (TPSA) is 12.4 Å².